The number of allylic oxidation sites excluding steroid dienone is 4. The number of fused-ring (bicyclic) bond motifs is 1. The molecule has 0 amide bonds. The number of aromatic nitrogens is 1. The van der Waals surface area contributed by atoms with Gasteiger partial charge in [-0.05, 0) is 12.1 Å². The van der Waals surface area contributed by atoms with E-state index in [2.05, 4.69) is 17.1 Å². The average Bonchev–Trinajstić information content (AvgIpc) is 2.06. The van der Waals surface area contributed by atoms with Crippen molar-refractivity contribution in [3.8, 4) is 0 Å². The molecule has 0 saturated heterocycles. The number of halogens is 1. The minimum absolute atomic E-state index is 0. The van der Waals surface area contributed by atoms with Gasteiger partial charge in [-0.15, -0.1) is 24.0 Å². The van der Waals surface area contributed by atoms with E-state index in [-0.39, 0.29) is 24.0 Å². The van der Waals surface area contributed by atoms with Gasteiger partial charge in [0.15, 0.2) is 0 Å². The molecule has 1 aliphatic rings. The molecule has 0 saturated carbocycles. The molecule has 1 aromatic rings. The van der Waals surface area contributed by atoms with Gasteiger partial charge in [-0.3, -0.25) is 4.98 Å². The van der Waals surface area contributed by atoms with Gasteiger partial charge in [0.05, 0.1) is 5.69 Å². The zero-order valence-electron chi connectivity index (χ0n) is 7.05. The lowest BCUT2D eigenvalue weighted by Gasteiger charge is -1.98. The molecule has 0 unspecified atom stereocenters. The Morgan fingerprint density at radius 2 is 1.69 bits per heavy atom. The van der Waals surface area contributed by atoms with Gasteiger partial charge in [-0.25, -0.2) is 0 Å². The van der Waals surface area contributed by atoms with Crippen LogP contribution in [0.15, 0.2) is 42.6 Å². The molecule has 1 aliphatic carbocycles. The zero-order valence-corrected chi connectivity index (χ0v) is 9.38. The second kappa shape index (κ2) is 4.97. The van der Waals surface area contributed by atoms with Gasteiger partial charge in [0, 0.05) is 11.8 Å². The summed E-state index contributed by atoms with van der Waals surface area (Å²) in [6, 6.07) is 4.00. The third-order valence-corrected chi connectivity index (χ3v) is 1.73. The van der Waals surface area contributed by atoms with Crippen LogP contribution in [0.25, 0.3) is 12.2 Å². The van der Waals surface area contributed by atoms with E-state index < -0.39 is 0 Å². The molecule has 0 N–H and O–H groups in total. The molecular weight excluding hydrogens is 273 g/mol. The summed E-state index contributed by atoms with van der Waals surface area (Å²) >= 11 is 0. The van der Waals surface area contributed by atoms with E-state index in [1.807, 2.05) is 42.6 Å². The summed E-state index contributed by atoms with van der Waals surface area (Å²) in [5.41, 5.74) is 2.19. The highest BCUT2D eigenvalue weighted by atomic mass is 127. The van der Waals surface area contributed by atoms with Crippen LogP contribution in [0.1, 0.15) is 11.3 Å². The molecule has 0 aromatic carbocycles. The van der Waals surface area contributed by atoms with Crippen molar-refractivity contribution in [3.63, 3.8) is 0 Å². The Morgan fingerprint density at radius 3 is 2.54 bits per heavy atom. The summed E-state index contributed by atoms with van der Waals surface area (Å²) in [7, 11) is 0. The second-order valence-corrected chi connectivity index (χ2v) is 2.58. The van der Waals surface area contributed by atoms with Crippen LogP contribution in [0, 0.1) is 0 Å². The predicted octanol–water partition coefficient (Wildman–Crippen LogP) is 3.30. The Kier molecular flexibility index (Phi) is 3.89. The topological polar surface area (TPSA) is 12.9 Å². The Hall–Kier alpha value is -0.900. The van der Waals surface area contributed by atoms with Crippen molar-refractivity contribution in [2.45, 2.75) is 0 Å². The van der Waals surface area contributed by atoms with Crippen molar-refractivity contribution < 1.29 is 0 Å². The van der Waals surface area contributed by atoms with E-state index in [4.69, 9.17) is 0 Å². The normalized spacial score (nSPS) is 15.1. The highest BCUT2D eigenvalue weighted by Crippen LogP contribution is 2.11. The molecule has 1 aromatic heterocycles. The number of pyridine rings is 1. The largest absolute Gasteiger partial charge is 0.256 e. The molecule has 2 heteroatoms. The van der Waals surface area contributed by atoms with E-state index in [1.54, 1.807) is 0 Å². The van der Waals surface area contributed by atoms with Gasteiger partial charge in [0.1, 0.15) is 0 Å². The quantitative estimate of drug-likeness (QED) is 0.666. The van der Waals surface area contributed by atoms with Crippen LogP contribution < -0.4 is 0 Å². The summed E-state index contributed by atoms with van der Waals surface area (Å²) in [4.78, 5) is 4.25. The van der Waals surface area contributed by atoms with Gasteiger partial charge in [-0.2, -0.15) is 0 Å². The van der Waals surface area contributed by atoms with Crippen LogP contribution in [0.3, 0.4) is 0 Å². The van der Waals surface area contributed by atoms with E-state index in [9.17, 15) is 0 Å². The maximum Gasteiger partial charge on any atom is 0.0701 e. The molecule has 0 fully saturated rings. The first kappa shape index (κ1) is 10.2. The molecule has 0 aliphatic heterocycles. The first-order valence-corrected chi connectivity index (χ1v) is 3.93. The van der Waals surface area contributed by atoms with Crippen molar-refractivity contribution in [1.29, 1.82) is 0 Å². The smallest absolute Gasteiger partial charge is 0.0701 e. The maximum absolute atomic E-state index is 4.25. The van der Waals surface area contributed by atoms with E-state index in [0.717, 1.165) is 11.3 Å². The van der Waals surface area contributed by atoms with Crippen LogP contribution in [-0.2, 0) is 0 Å². The van der Waals surface area contributed by atoms with Crippen LogP contribution in [0.2, 0.25) is 0 Å². The molecule has 2 rings (SSSR count). The highest BCUT2D eigenvalue weighted by Gasteiger charge is 1.94. The monoisotopic (exact) mass is 283 g/mol. The first-order chi connectivity index (χ1) is 5.97. The summed E-state index contributed by atoms with van der Waals surface area (Å²) in [6.45, 7) is 0. The fraction of sp³-hybridized carbons (Fsp3) is 0. The lowest BCUT2D eigenvalue weighted by atomic mass is 10.1. The summed E-state index contributed by atoms with van der Waals surface area (Å²) in [5, 5.41) is 0. The average molecular weight is 283 g/mol. The van der Waals surface area contributed by atoms with Crippen molar-refractivity contribution in [2.24, 2.45) is 0 Å². The summed E-state index contributed by atoms with van der Waals surface area (Å²) < 4.78 is 0. The molecule has 0 atom stereocenters. The lowest BCUT2D eigenvalue weighted by molar-refractivity contribution is 1.28. The van der Waals surface area contributed by atoms with Gasteiger partial charge >= 0.3 is 0 Å². The Labute approximate surface area is 94.9 Å². The highest BCUT2D eigenvalue weighted by molar-refractivity contribution is 14.0. The minimum atomic E-state index is 0. The summed E-state index contributed by atoms with van der Waals surface area (Å²) in [5.74, 6) is 0. The lowest BCUT2D eigenvalue weighted by Crippen LogP contribution is -1.84. The number of hydrogen-bond donors (Lipinski definition) is 0. The third kappa shape index (κ3) is 2.52. The van der Waals surface area contributed by atoms with Crippen molar-refractivity contribution in [2.75, 3.05) is 0 Å². The minimum Gasteiger partial charge on any atom is -0.256 e. The van der Waals surface area contributed by atoms with E-state index in [0.29, 0.717) is 0 Å². The second-order valence-electron chi connectivity index (χ2n) is 2.58. The van der Waals surface area contributed by atoms with Crippen LogP contribution >= 0.6 is 24.0 Å². The van der Waals surface area contributed by atoms with Gasteiger partial charge in [-0.1, -0.05) is 36.4 Å². The first-order valence-electron chi connectivity index (χ1n) is 3.93. The number of rotatable bonds is 0. The van der Waals surface area contributed by atoms with Crippen LogP contribution in [-0.4, -0.2) is 4.98 Å². The zero-order chi connectivity index (χ0) is 8.23. The Bertz CT molecular complexity index is 329. The maximum atomic E-state index is 4.25. The van der Waals surface area contributed by atoms with Gasteiger partial charge in [0.25, 0.3) is 0 Å². The van der Waals surface area contributed by atoms with Crippen molar-refractivity contribution in [3.05, 3.63) is 53.9 Å². The standard InChI is InChI=1S/C11H9N.HI/c1-2-4-8-11-10(6-3-1)7-5-9-12-11;/h1-9H;1H/b2-1?,3-1?,4-2?,6-3?,8-4-,10-6?,11-8?;. The SMILES string of the molecule is C1=C/C=C\c2ncccc2C=C1.I. The van der Waals surface area contributed by atoms with Crippen molar-refractivity contribution >= 4 is 36.1 Å². The predicted molar refractivity (Wildman–Crippen MR) is 66.9 cm³/mol. The van der Waals surface area contributed by atoms with Gasteiger partial charge in [0.2, 0.25) is 0 Å². The van der Waals surface area contributed by atoms with E-state index >= 15 is 0 Å². The molecule has 0 radical (unpaired) electrons. The fourth-order valence-electron chi connectivity index (χ4n) is 1.14. The van der Waals surface area contributed by atoms with E-state index in [1.165, 1.54) is 0 Å². The fourth-order valence-corrected chi connectivity index (χ4v) is 1.14. The van der Waals surface area contributed by atoms with Crippen molar-refractivity contribution in [1.82, 2.24) is 4.98 Å². The van der Waals surface area contributed by atoms with Crippen LogP contribution in [0.4, 0.5) is 0 Å². The van der Waals surface area contributed by atoms with Crippen LogP contribution in [0.5, 0.6) is 0 Å². The molecule has 0 spiro atoms. The molecule has 66 valence electrons. The summed E-state index contributed by atoms with van der Waals surface area (Å²) in [6.07, 6.45) is 13.9. The third-order valence-electron chi connectivity index (χ3n) is 1.73. The molecule has 0 bridgehead atoms. The van der Waals surface area contributed by atoms with Gasteiger partial charge < -0.3 is 0 Å². The number of nitrogens with zero attached hydrogens (tertiary/aromatic N) is 1. The molecular formula is C11H10IN. The molecule has 1 nitrogen and oxygen atoms in total. The molecule has 13 heavy (non-hydrogen) atoms. The Balaban J connectivity index is 0.000000845. The number of hydrogen-bond acceptors (Lipinski definition) is 1. The Morgan fingerprint density at radius 1 is 0.923 bits per heavy atom. The molecule has 1 heterocycles.